The third kappa shape index (κ3) is 3.30. The van der Waals surface area contributed by atoms with E-state index in [0.717, 1.165) is 0 Å². The minimum atomic E-state index is -4.66. The minimum Gasteiger partial charge on any atom is -0.390 e. The summed E-state index contributed by atoms with van der Waals surface area (Å²) in [6.07, 6.45) is -1.07. The Balaban J connectivity index is 1.78. The first-order chi connectivity index (χ1) is 11.1. The summed E-state index contributed by atoms with van der Waals surface area (Å²) < 4.78 is 22.2. The average molecular weight is 363 g/mol. The number of phosphoric acid groups is 1. The number of ether oxygens (including phenoxy) is 1. The van der Waals surface area contributed by atoms with Gasteiger partial charge in [-0.25, -0.2) is 14.5 Å². The number of hydrogen-bond donors (Lipinski definition) is 6. The van der Waals surface area contributed by atoms with Gasteiger partial charge in [0.2, 0.25) is 5.72 Å². The highest BCUT2D eigenvalue weighted by Gasteiger charge is 2.40. The molecule has 7 N–H and O–H groups in total. The maximum atomic E-state index is 10.8. The molecule has 2 aliphatic rings. The lowest BCUT2D eigenvalue weighted by Gasteiger charge is -2.26. The number of phosphoric ester groups is 1. The summed E-state index contributed by atoms with van der Waals surface area (Å²) in [6.45, 7) is 0.964. The molecule has 1 fully saturated rings. The van der Waals surface area contributed by atoms with Crippen molar-refractivity contribution in [1.82, 2.24) is 9.55 Å². The van der Waals surface area contributed by atoms with Gasteiger partial charge in [0.15, 0.2) is 5.96 Å². The molecule has 134 valence electrons. The first-order valence-electron chi connectivity index (χ1n) is 7.02. The molecule has 1 unspecified atom stereocenters. The second-order valence-corrected chi connectivity index (χ2v) is 6.95. The van der Waals surface area contributed by atoms with E-state index < -0.39 is 38.6 Å². The summed E-state index contributed by atoms with van der Waals surface area (Å²) in [7, 11) is -4.66. The van der Waals surface area contributed by atoms with Gasteiger partial charge in [0.1, 0.15) is 23.8 Å². The molecule has 2 aliphatic heterocycles. The van der Waals surface area contributed by atoms with Gasteiger partial charge in [0.05, 0.1) is 19.0 Å². The summed E-state index contributed by atoms with van der Waals surface area (Å²) in [4.78, 5) is 25.4. The van der Waals surface area contributed by atoms with Crippen LogP contribution in [0.1, 0.15) is 25.3 Å². The van der Waals surface area contributed by atoms with E-state index in [9.17, 15) is 14.8 Å². The zero-order valence-electron chi connectivity index (χ0n) is 12.6. The van der Waals surface area contributed by atoms with Crippen molar-refractivity contribution in [3.05, 3.63) is 12.0 Å². The van der Waals surface area contributed by atoms with Crippen molar-refractivity contribution in [2.24, 2.45) is 10.7 Å². The Morgan fingerprint density at radius 2 is 2.33 bits per heavy atom. The molecule has 0 aromatic carbocycles. The Labute approximate surface area is 136 Å². The van der Waals surface area contributed by atoms with Crippen LogP contribution in [0.25, 0.3) is 0 Å². The van der Waals surface area contributed by atoms with E-state index >= 15 is 0 Å². The number of nitrogens with one attached hydrogen (secondary N) is 1. The Bertz CT molecular complexity index is 714. The van der Waals surface area contributed by atoms with Crippen LogP contribution < -0.4 is 11.1 Å². The maximum Gasteiger partial charge on any atom is 0.469 e. The molecule has 0 spiro atoms. The van der Waals surface area contributed by atoms with E-state index in [4.69, 9.17) is 20.3 Å². The zero-order valence-corrected chi connectivity index (χ0v) is 13.5. The van der Waals surface area contributed by atoms with Gasteiger partial charge in [0.25, 0.3) is 0 Å². The fourth-order valence-corrected chi connectivity index (χ4v) is 3.03. The van der Waals surface area contributed by atoms with Gasteiger partial charge >= 0.3 is 7.82 Å². The van der Waals surface area contributed by atoms with Crippen molar-refractivity contribution in [3.8, 4) is 0 Å². The van der Waals surface area contributed by atoms with Crippen molar-refractivity contribution in [2.45, 2.75) is 37.5 Å². The molecular formula is C11H18N5O7P. The molecule has 3 heterocycles. The standard InChI is InChI=1S/C11H18N5O7P/c1-11(18)8-9(14-10(12)15-11)16(4-13-8)7-2-5(17)6(23-7)3-22-24(19,20)21/h4-7,17-18H,2-3H2,1H3,(H3,12,14,15)(H2,19,20,21)/t5-,6+,7+,11?/m0/s1. The minimum absolute atomic E-state index is 0.00539. The number of aromatic nitrogens is 2. The van der Waals surface area contributed by atoms with Gasteiger partial charge in [-0.1, -0.05) is 0 Å². The molecule has 0 bridgehead atoms. The summed E-state index contributed by atoms with van der Waals surface area (Å²) in [5.41, 5.74) is 4.28. The molecule has 0 amide bonds. The number of rotatable bonds is 4. The van der Waals surface area contributed by atoms with Crippen molar-refractivity contribution < 1.29 is 33.8 Å². The molecule has 1 saturated heterocycles. The number of fused-ring (bicyclic) bond motifs is 1. The zero-order chi connectivity index (χ0) is 17.7. The number of aliphatic hydroxyl groups excluding tert-OH is 1. The second-order valence-electron chi connectivity index (χ2n) is 5.71. The first-order valence-corrected chi connectivity index (χ1v) is 8.55. The molecule has 12 nitrogen and oxygen atoms in total. The van der Waals surface area contributed by atoms with Crippen LogP contribution in [0.15, 0.2) is 11.3 Å². The van der Waals surface area contributed by atoms with Crippen LogP contribution in [-0.2, 0) is 19.6 Å². The van der Waals surface area contributed by atoms with Crippen molar-refractivity contribution in [1.29, 1.82) is 0 Å². The number of aliphatic imine (C=N–C) groups is 1. The van der Waals surface area contributed by atoms with Crippen LogP contribution >= 0.6 is 7.82 Å². The Hall–Kier alpha value is -1.53. The van der Waals surface area contributed by atoms with Crippen molar-refractivity contribution in [2.75, 3.05) is 11.9 Å². The van der Waals surface area contributed by atoms with Crippen LogP contribution in [0.3, 0.4) is 0 Å². The maximum absolute atomic E-state index is 10.8. The monoisotopic (exact) mass is 363 g/mol. The highest BCUT2D eigenvalue weighted by Crippen LogP contribution is 2.40. The normalized spacial score (nSPS) is 33.0. The lowest BCUT2D eigenvalue weighted by Crippen LogP contribution is -2.36. The fourth-order valence-electron chi connectivity index (χ4n) is 2.69. The summed E-state index contributed by atoms with van der Waals surface area (Å²) in [5.74, 6) is 0.357. The van der Waals surface area contributed by atoms with Gasteiger partial charge in [-0.2, -0.15) is 0 Å². The highest BCUT2D eigenvalue weighted by molar-refractivity contribution is 7.46. The predicted octanol–water partition coefficient (Wildman–Crippen LogP) is -1.45. The third-order valence-electron chi connectivity index (χ3n) is 3.75. The summed E-state index contributed by atoms with van der Waals surface area (Å²) in [6, 6.07) is 0. The van der Waals surface area contributed by atoms with Crippen molar-refractivity contribution >= 4 is 19.6 Å². The quantitative estimate of drug-likeness (QED) is 0.346. The molecule has 24 heavy (non-hydrogen) atoms. The molecule has 0 radical (unpaired) electrons. The molecule has 0 aliphatic carbocycles. The predicted molar refractivity (Wildman–Crippen MR) is 79.6 cm³/mol. The molecule has 3 rings (SSSR count). The SMILES string of the molecule is CC1(O)N=C(N)Nc2c1ncn2[C@H]1C[C@H](O)[C@@H](COP(=O)(O)O)O1. The van der Waals surface area contributed by atoms with E-state index in [1.807, 2.05) is 0 Å². The number of imidazole rings is 1. The lowest BCUT2D eigenvalue weighted by molar-refractivity contribution is -0.0430. The topological polar surface area (TPSA) is 185 Å². The van der Waals surface area contributed by atoms with E-state index in [2.05, 4.69) is 19.8 Å². The number of aliphatic hydroxyl groups is 2. The molecule has 1 aromatic rings. The highest BCUT2D eigenvalue weighted by atomic mass is 31.2. The third-order valence-corrected chi connectivity index (χ3v) is 4.23. The first kappa shape index (κ1) is 17.3. The fraction of sp³-hybridized carbons (Fsp3) is 0.636. The largest absolute Gasteiger partial charge is 0.469 e. The molecule has 13 heteroatoms. The van der Waals surface area contributed by atoms with Crippen LogP contribution in [0.2, 0.25) is 0 Å². The van der Waals surface area contributed by atoms with Crippen molar-refractivity contribution in [3.63, 3.8) is 0 Å². The van der Waals surface area contributed by atoms with Gasteiger partial charge in [-0.3, -0.25) is 9.09 Å². The van der Waals surface area contributed by atoms with Crippen LogP contribution in [0, 0.1) is 0 Å². The van der Waals surface area contributed by atoms with E-state index in [-0.39, 0.29) is 18.1 Å². The number of nitrogens with two attached hydrogens (primary N) is 1. The van der Waals surface area contributed by atoms with E-state index in [0.29, 0.717) is 5.82 Å². The molecular weight excluding hydrogens is 345 g/mol. The summed E-state index contributed by atoms with van der Waals surface area (Å²) >= 11 is 0. The Kier molecular flexibility index (Phi) is 4.16. The molecule has 0 saturated carbocycles. The number of anilines is 1. The lowest BCUT2D eigenvalue weighted by atomic mass is 10.1. The van der Waals surface area contributed by atoms with Crippen LogP contribution in [-0.4, -0.2) is 54.3 Å². The van der Waals surface area contributed by atoms with Gasteiger partial charge in [-0.15, -0.1) is 0 Å². The van der Waals surface area contributed by atoms with E-state index in [1.54, 1.807) is 0 Å². The second kappa shape index (κ2) is 5.77. The number of guanidine groups is 1. The average Bonchev–Trinajstić information content (AvgIpc) is 2.98. The van der Waals surface area contributed by atoms with Gasteiger partial charge < -0.3 is 35.8 Å². The molecule has 1 aromatic heterocycles. The molecule has 4 atom stereocenters. The van der Waals surface area contributed by atoms with E-state index in [1.165, 1.54) is 17.8 Å². The van der Waals surface area contributed by atoms with Crippen LogP contribution in [0.5, 0.6) is 0 Å². The Morgan fingerprint density at radius 1 is 1.62 bits per heavy atom. The Morgan fingerprint density at radius 3 is 3.00 bits per heavy atom. The number of nitrogens with zero attached hydrogens (tertiary/aromatic N) is 3. The van der Waals surface area contributed by atoms with Gasteiger partial charge in [-0.05, 0) is 6.92 Å². The smallest absolute Gasteiger partial charge is 0.390 e. The van der Waals surface area contributed by atoms with Gasteiger partial charge in [0, 0.05) is 6.42 Å². The number of hydrogen-bond acceptors (Lipinski definition) is 9. The summed E-state index contributed by atoms with van der Waals surface area (Å²) in [5, 5.41) is 23.0. The van der Waals surface area contributed by atoms with Crippen LogP contribution in [0.4, 0.5) is 5.82 Å².